The van der Waals surface area contributed by atoms with Gasteiger partial charge in [-0.25, -0.2) is 4.79 Å². The molecule has 4 nitrogen and oxygen atoms in total. The summed E-state index contributed by atoms with van der Waals surface area (Å²) in [4.78, 5) is 16.8. The minimum absolute atomic E-state index is 0.111. The van der Waals surface area contributed by atoms with Crippen molar-refractivity contribution in [3.63, 3.8) is 0 Å². The maximum Gasteiger partial charge on any atom is 0.323 e. The fraction of sp³-hybridized carbons (Fsp3) is 0.500. The Morgan fingerprint density at radius 2 is 1.94 bits per heavy atom. The van der Waals surface area contributed by atoms with Crippen molar-refractivity contribution in [2.45, 2.75) is 45.7 Å². The van der Waals surface area contributed by atoms with Gasteiger partial charge in [-0.3, -0.25) is 0 Å². The third kappa shape index (κ3) is 2.64. The van der Waals surface area contributed by atoms with Crippen molar-refractivity contribution in [2.24, 2.45) is 0 Å². The first kappa shape index (κ1) is 12.9. The molecule has 1 aromatic carbocycles. The van der Waals surface area contributed by atoms with E-state index in [9.17, 15) is 4.79 Å². The molecular weight excluding hydrogens is 226 g/mol. The quantitative estimate of drug-likeness (QED) is 0.778. The predicted molar refractivity (Wildman–Crippen MR) is 74.8 cm³/mol. The molecule has 1 atom stereocenters. The van der Waals surface area contributed by atoms with Crippen LogP contribution in [-0.2, 0) is 0 Å². The molecule has 18 heavy (non-hydrogen) atoms. The molecular formula is C14H21N3O. The number of aromatic amines is 2. The lowest BCUT2D eigenvalue weighted by atomic mass is 9.98. The molecule has 1 unspecified atom stereocenters. The molecule has 2 aromatic rings. The first-order chi connectivity index (χ1) is 8.41. The van der Waals surface area contributed by atoms with Crippen LogP contribution in [0.1, 0.15) is 45.7 Å². The highest BCUT2D eigenvalue weighted by molar-refractivity contribution is 5.75. The van der Waals surface area contributed by atoms with Gasteiger partial charge in [-0.2, -0.15) is 0 Å². The van der Waals surface area contributed by atoms with Crippen molar-refractivity contribution in [3.8, 4) is 0 Å². The molecule has 0 aliphatic carbocycles. The standard InChI is InChI=1S/C14H21N3O/c1-5-14(3,4)17-9(2)10-6-7-11-12(8-10)16-13(18)15-11/h6-9,17H,5H2,1-4H3,(H2,15,16,18). The average Bonchev–Trinajstić information content (AvgIpc) is 2.67. The van der Waals surface area contributed by atoms with Gasteiger partial charge < -0.3 is 15.3 Å². The number of benzene rings is 1. The molecule has 0 bridgehead atoms. The van der Waals surface area contributed by atoms with Crippen LogP contribution in [0.15, 0.2) is 23.0 Å². The largest absolute Gasteiger partial charge is 0.323 e. The smallest absolute Gasteiger partial charge is 0.306 e. The summed E-state index contributed by atoms with van der Waals surface area (Å²) in [5.41, 5.74) is 2.85. The minimum atomic E-state index is -0.156. The maximum absolute atomic E-state index is 11.2. The summed E-state index contributed by atoms with van der Waals surface area (Å²) in [6.07, 6.45) is 1.07. The van der Waals surface area contributed by atoms with Crippen LogP contribution in [0.4, 0.5) is 0 Å². The lowest BCUT2D eigenvalue weighted by molar-refractivity contribution is 0.338. The third-order valence-corrected chi connectivity index (χ3v) is 3.53. The monoisotopic (exact) mass is 247 g/mol. The molecule has 0 fully saturated rings. The molecule has 0 saturated heterocycles. The van der Waals surface area contributed by atoms with Gasteiger partial charge in [-0.15, -0.1) is 0 Å². The molecule has 0 amide bonds. The molecule has 0 saturated carbocycles. The van der Waals surface area contributed by atoms with E-state index in [1.54, 1.807) is 0 Å². The fourth-order valence-corrected chi connectivity index (χ4v) is 2.09. The lowest BCUT2D eigenvalue weighted by Gasteiger charge is -2.29. The van der Waals surface area contributed by atoms with E-state index in [0.717, 1.165) is 17.5 Å². The zero-order chi connectivity index (χ0) is 13.3. The molecule has 2 rings (SSSR count). The van der Waals surface area contributed by atoms with Gasteiger partial charge in [-0.1, -0.05) is 13.0 Å². The summed E-state index contributed by atoms with van der Waals surface area (Å²) in [6, 6.07) is 6.27. The number of hydrogen-bond donors (Lipinski definition) is 3. The summed E-state index contributed by atoms with van der Waals surface area (Å²) in [7, 11) is 0. The number of hydrogen-bond acceptors (Lipinski definition) is 2. The minimum Gasteiger partial charge on any atom is -0.306 e. The van der Waals surface area contributed by atoms with E-state index in [-0.39, 0.29) is 17.3 Å². The number of H-pyrrole nitrogens is 2. The second-order valence-corrected chi connectivity index (χ2v) is 5.49. The Morgan fingerprint density at radius 3 is 2.61 bits per heavy atom. The van der Waals surface area contributed by atoms with Crippen molar-refractivity contribution < 1.29 is 0 Å². The van der Waals surface area contributed by atoms with E-state index in [1.807, 2.05) is 12.1 Å². The van der Waals surface area contributed by atoms with Crippen LogP contribution in [0.2, 0.25) is 0 Å². The molecule has 98 valence electrons. The van der Waals surface area contributed by atoms with E-state index in [2.05, 4.69) is 49.0 Å². The van der Waals surface area contributed by atoms with E-state index in [1.165, 1.54) is 5.56 Å². The molecule has 0 aliphatic heterocycles. The molecule has 1 aromatic heterocycles. The molecule has 0 radical (unpaired) electrons. The first-order valence-corrected chi connectivity index (χ1v) is 6.41. The number of nitrogens with one attached hydrogen (secondary N) is 3. The van der Waals surface area contributed by atoms with Crippen molar-refractivity contribution in [1.29, 1.82) is 0 Å². The van der Waals surface area contributed by atoms with Crippen LogP contribution < -0.4 is 11.0 Å². The van der Waals surface area contributed by atoms with Crippen LogP contribution >= 0.6 is 0 Å². The molecule has 4 heteroatoms. The van der Waals surface area contributed by atoms with E-state index >= 15 is 0 Å². The summed E-state index contributed by atoms with van der Waals surface area (Å²) in [5.74, 6) is 0. The van der Waals surface area contributed by atoms with E-state index in [4.69, 9.17) is 0 Å². The van der Waals surface area contributed by atoms with Gasteiger partial charge in [-0.05, 0) is 44.9 Å². The van der Waals surface area contributed by atoms with E-state index in [0.29, 0.717) is 0 Å². The molecule has 0 spiro atoms. The van der Waals surface area contributed by atoms with Crippen molar-refractivity contribution in [3.05, 3.63) is 34.2 Å². The Labute approximate surface area is 107 Å². The number of rotatable bonds is 4. The van der Waals surface area contributed by atoms with Crippen LogP contribution in [-0.4, -0.2) is 15.5 Å². The van der Waals surface area contributed by atoms with Crippen molar-refractivity contribution in [2.75, 3.05) is 0 Å². The van der Waals surface area contributed by atoms with Crippen LogP contribution in [0.3, 0.4) is 0 Å². The van der Waals surface area contributed by atoms with Gasteiger partial charge >= 0.3 is 5.69 Å². The van der Waals surface area contributed by atoms with Crippen LogP contribution in [0, 0.1) is 0 Å². The predicted octanol–water partition coefficient (Wildman–Crippen LogP) is 2.70. The highest BCUT2D eigenvalue weighted by atomic mass is 16.1. The van der Waals surface area contributed by atoms with Crippen LogP contribution in [0.25, 0.3) is 11.0 Å². The van der Waals surface area contributed by atoms with Gasteiger partial charge in [0, 0.05) is 11.6 Å². The molecule has 3 N–H and O–H groups in total. The zero-order valence-electron chi connectivity index (χ0n) is 11.4. The first-order valence-electron chi connectivity index (χ1n) is 6.41. The van der Waals surface area contributed by atoms with Gasteiger partial charge in [0.1, 0.15) is 0 Å². The third-order valence-electron chi connectivity index (χ3n) is 3.53. The van der Waals surface area contributed by atoms with Gasteiger partial charge in [0.05, 0.1) is 11.0 Å². The highest BCUT2D eigenvalue weighted by Gasteiger charge is 2.18. The van der Waals surface area contributed by atoms with Crippen molar-refractivity contribution in [1.82, 2.24) is 15.3 Å². The summed E-state index contributed by atoms with van der Waals surface area (Å²) in [6.45, 7) is 8.70. The Hall–Kier alpha value is -1.55. The zero-order valence-corrected chi connectivity index (χ0v) is 11.4. The number of fused-ring (bicyclic) bond motifs is 1. The summed E-state index contributed by atoms with van der Waals surface area (Å²) >= 11 is 0. The van der Waals surface area contributed by atoms with Gasteiger partial charge in [0.25, 0.3) is 0 Å². The molecule has 1 heterocycles. The number of imidazole rings is 1. The SMILES string of the molecule is CCC(C)(C)NC(C)c1ccc2[nH]c(=O)[nH]c2c1. The fourth-order valence-electron chi connectivity index (χ4n) is 2.09. The van der Waals surface area contributed by atoms with E-state index < -0.39 is 0 Å². The van der Waals surface area contributed by atoms with Gasteiger partial charge in [0.2, 0.25) is 0 Å². The summed E-state index contributed by atoms with van der Waals surface area (Å²) < 4.78 is 0. The van der Waals surface area contributed by atoms with Crippen LogP contribution in [0.5, 0.6) is 0 Å². The average molecular weight is 247 g/mol. The van der Waals surface area contributed by atoms with Crippen molar-refractivity contribution >= 4 is 11.0 Å². The normalized spacial score (nSPS) is 14.0. The maximum atomic E-state index is 11.2. The number of aromatic nitrogens is 2. The summed E-state index contributed by atoms with van der Waals surface area (Å²) in [5, 5.41) is 3.59. The Bertz CT molecular complexity index is 594. The van der Waals surface area contributed by atoms with Gasteiger partial charge in [0.15, 0.2) is 0 Å². The lowest BCUT2D eigenvalue weighted by Crippen LogP contribution is -2.40. The highest BCUT2D eigenvalue weighted by Crippen LogP contribution is 2.20. The second-order valence-electron chi connectivity index (χ2n) is 5.49. The Kier molecular flexibility index (Phi) is 3.30. The molecule has 0 aliphatic rings. The topological polar surface area (TPSA) is 60.7 Å². The Balaban J connectivity index is 2.27. The second kappa shape index (κ2) is 4.61. The Morgan fingerprint density at radius 1 is 1.28 bits per heavy atom.